The fourth-order valence-corrected chi connectivity index (χ4v) is 2.81. The van der Waals surface area contributed by atoms with Gasteiger partial charge >= 0.3 is 0 Å². The molecule has 0 aromatic carbocycles. The van der Waals surface area contributed by atoms with E-state index >= 15 is 0 Å². The summed E-state index contributed by atoms with van der Waals surface area (Å²) >= 11 is 11.3. The lowest BCUT2D eigenvalue weighted by Gasteiger charge is -1.99. The maximum absolute atomic E-state index is 5.78. The Labute approximate surface area is 86.4 Å². The second kappa shape index (κ2) is 3.88. The van der Waals surface area contributed by atoms with E-state index in [9.17, 15) is 0 Å². The van der Waals surface area contributed by atoms with Crippen molar-refractivity contribution in [3.63, 3.8) is 0 Å². The number of aromatic nitrogens is 1. The second-order valence-corrected chi connectivity index (χ2v) is 3.78. The molecule has 0 radical (unpaired) electrons. The molecular formula is C6H4BrClIN. The molecule has 0 aliphatic carbocycles. The highest BCUT2D eigenvalue weighted by Crippen LogP contribution is 2.21. The normalized spacial score (nSPS) is 9.90. The van der Waals surface area contributed by atoms with Crippen molar-refractivity contribution in [3.8, 4) is 0 Å². The van der Waals surface area contributed by atoms with Gasteiger partial charge < -0.3 is 0 Å². The molecule has 0 saturated carbocycles. The highest BCUT2D eigenvalue weighted by Gasteiger charge is 2.02. The number of halogens is 3. The van der Waals surface area contributed by atoms with Gasteiger partial charge in [-0.3, -0.25) is 0 Å². The summed E-state index contributed by atoms with van der Waals surface area (Å²) in [5.41, 5.74) is 1.06. The van der Waals surface area contributed by atoms with Gasteiger partial charge in [-0.05, 0) is 28.7 Å². The molecule has 1 aromatic rings. The van der Waals surface area contributed by atoms with E-state index < -0.39 is 0 Å². The molecule has 0 unspecified atom stereocenters. The van der Waals surface area contributed by atoms with Crippen molar-refractivity contribution >= 4 is 50.1 Å². The van der Waals surface area contributed by atoms with E-state index in [1.54, 1.807) is 6.20 Å². The smallest absolute Gasteiger partial charge is 0.134 e. The average molecular weight is 332 g/mol. The van der Waals surface area contributed by atoms with Crippen LogP contribution in [-0.2, 0) is 5.33 Å². The number of rotatable bonds is 1. The molecule has 0 bridgehead atoms. The van der Waals surface area contributed by atoms with E-state index in [4.69, 9.17) is 11.6 Å². The molecule has 0 saturated heterocycles. The van der Waals surface area contributed by atoms with Gasteiger partial charge in [-0.1, -0.05) is 27.5 Å². The molecular weight excluding hydrogens is 328 g/mol. The summed E-state index contributed by atoms with van der Waals surface area (Å²) in [6.45, 7) is 0. The summed E-state index contributed by atoms with van der Waals surface area (Å²) < 4.78 is 1.15. The first-order valence-corrected chi connectivity index (χ1v) is 5.18. The van der Waals surface area contributed by atoms with Gasteiger partial charge in [-0.25, -0.2) is 4.98 Å². The molecule has 1 aromatic heterocycles. The van der Waals surface area contributed by atoms with Gasteiger partial charge in [0.15, 0.2) is 0 Å². The first-order chi connectivity index (χ1) is 4.75. The van der Waals surface area contributed by atoms with Gasteiger partial charge in [-0.2, -0.15) is 0 Å². The number of pyridine rings is 1. The van der Waals surface area contributed by atoms with Crippen LogP contribution in [0.3, 0.4) is 0 Å². The van der Waals surface area contributed by atoms with E-state index in [1.807, 2.05) is 6.07 Å². The Hall–Kier alpha value is 0.650. The van der Waals surface area contributed by atoms with Gasteiger partial charge in [0.05, 0.1) is 0 Å². The topological polar surface area (TPSA) is 12.9 Å². The van der Waals surface area contributed by atoms with E-state index in [1.165, 1.54) is 0 Å². The molecule has 1 nitrogen and oxygen atoms in total. The van der Waals surface area contributed by atoms with Crippen LogP contribution in [-0.4, -0.2) is 4.98 Å². The third-order valence-corrected chi connectivity index (χ3v) is 2.98. The van der Waals surface area contributed by atoms with Crippen molar-refractivity contribution in [3.05, 3.63) is 26.5 Å². The molecule has 4 heteroatoms. The van der Waals surface area contributed by atoms with E-state index in [0.29, 0.717) is 5.15 Å². The van der Waals surface area contributed by atoms with Crippen LogP contribution in [0.5, 0.6) is 0 Å². The number of hydrogen-bond acceptors (Lipinski definition) is 1. The minimum atomic E-state index is 0.587. The predicted octanol–water partition coefficient (Wildman–Crippen LogP) is 3.23. The van der Waals surface area contributed by atoms with Gasteiger partial charge in [0.2, 0.25) is 0 Å². The minimum Gasteiger partial charge on any atom is -0.244 e. The molecule has 0 amide bonds. The lowest BCUT2D eigenvalue weighted by atomic mass is 10.3. The van der Waals surface area contributed by atoms with Crippen LogP contribution in [0.4, 0.5) is 0 Å². The third-order valence-electron chi connectivity index (χ3n) is 1.08. The highest BCUT2D eigenvalue weighted by molar-refractivity contribution is 14.1. The molecule has 0 N–H and O–H groups in total. The van der Waals surface area contributed by atoms with Crippen molar-refractivity contribution in [2.45, 2.75) is 5.33 Å². The lowest BCUT2D eigenvalue weighted by Crippen LogP contribution is -1.87. The second-order valence-electron chi connectivity index (χ2n) is 1.70. The first kappa shape index (κ1) is 8.74. The van der Waals surface area contributed by atoms with Gasteiger partial charge in [0.25, 0.3) is 0 Å². The molecule has 1 rings (SSSR count). The van der Waals surface area contributed by atoms with Gasteiger partial charge in [0, 0.05) is 20.7 Å². The Kier molecular flexibility index (Phi) is 3.39. The zero-order chi connectivity index (χ0) is 7.56. The zero-order valence-corrected chi connectivity index (χ0v) is 9.44. The average Bonchev–Trinajstić information content (AvgIpc) is 1.88. The quantitative estimate of drug-likeness (QED) is 0.437. The summed E-state index contributed by atoms with van der Waals surface area (Å²) in [4.78, 5) is 3.94. The largest absolute Gasteiger partial charge is 0.244 e. The molecule has 1 heterocycles. The summed E-state index contributed by atoms with van der Waals surface area (Å²) in [5, 5.41) is 1.35. The minimum absolute atomic E-state index is 0.587. The monoisotopic (exact) mass is 331 g/mol. The Balaban J connectivity index is 3.17. The van der Waals surface area contributed by atoms with Crippen molar-refractivity contribution < 1.29 is 0 Å². The van der Waals surface area contributed by atoms with Crippen LogP contribution < -0.4 is 0 Å². The molecule has 10 heavy (non-hydrogen) atoms. The van der Waals surface area contributed by atoms with E-state index in [-0.39, 0.29) is 0 Å². The molecule has 0 fully saturated rings. The van der Waals surface area contributed by atoms with Crippen LogP contribution in [0.25, 0.3) is 0 Å². The maximum atomic E-state index is 5.78. The van der Waals surface area contributed by atoms with E-state index in [0.717, 1.165) is 14.5 Å². The summed E-state index contributed by atoms with van der Waals surface area (Å²) in [6.07, 6.45) is 1.70. The van der Waals surface area contributed by atoms with Gasteiger partial charge in [0.1, 0.15) is 5.15 Å². The molecule has 0 spiro atoms. The first-order valence-electron chi connectivity index (χ1n) is 2.60. The van der Waals surface area contributed by atoms with Crippen molar-refractivity contribution in [1.29, 1.82) is 0 Å². The third kappa shape index (κ3) is 1.83. The summed E-state index contributed by atoms with van der Waals surface area (Å²) in [5.74, 6) is 0. The number of hydrogen-bond donors (Lipinski definition) is 0. The van der Waals surface area contributed by atoms with Crippen molar-refractivity contribution in [2.75, 3.05) is 0 Å². The standard InChI is InChI=1S/C6H4BrClIN/c7-3-4-5(9)1-2-10-6(4)8/h1-2H,3H2. The van der Waals surface area contributed by atoms with Crippen LogP contribution in [0, 0.1) is 3.57 Å². The van der Waals surface area contributed by atoms with Crippen LogP contribution in [0.15, 0.2) is 12.3 Å². The fourth-order valence-electron chi connectivity index (χ4n) is 0.564. The summed E-state index contributed by atoms with van der Waals surface area (Å²) in [6, 6.07) is 1.93. The van der Waals surface area contributed by atoms with Crippen LogP contribution in [0.2, 0.25) is 5.15 Å². The fraction of sp³-hybridized carbons (Fsp3) is 0.167. The van der Waals surface area contributed by atoms with Crippen molar-refractivity contribution in [2.24, 2.45) is 0 Å². The Morgan fingerprint density at radius 1 is 1.70 bits per heavy atom. The van der Waals surface area contributed by atoms with Gasteiger partial charge in [-0.15, -0.1) is 0 Å². The molecule has 54 valence electrons. The molecule has 0 aliphatic rings. The van der Waals surface area contributed by atoms with E-state index in [2.05, 4.69) is 43.5 Å². The molecule has 0 atom stereocenters. The Morgan fingerprint density at radius 3 is 2.80 bits per heavy atom. The SMILES string of the molecule is Clc1nccc(I)c1CBr. The highest BCUT2D eigenvalue weighted by atomic mass is 127. The summed E-state index contributed by atoms with van der Waals surface area (Å²) in [7, 11) is 0. The van der Waals surface area contributed by atoms with Crippen LogP contribution >= 0.6 is 50.1 Å². The lowest BCUT2D eigenvalue weighted by molar-refractivity contribution is 1.24. The molecule has 0 aliphatic heterocycles. The zero-order valence-electron chi connectivity index (χ0n) is 4.94. The predicted molar refractivity (Wildman–Crippen MR) is 54.6 cm³/mol. The number of nitrogens with zero attached hydrogens (tertiary/aromatic N) is 1. The number of alkyl halides is 1. The maximum Gasteiger partial charge on any atom is 0.134 e. The Morgan fingerprint density at radius 2 is 2.40 bits per heavy atom. The van der Waals surface area contributed by atoms with Crippen LogP contribution in [0.1, 0.15) is 5.56 Å². The van der Waals surface area contributed by atoms with Crippen molar-refractivity contribution in [1.82, 2.24) is 4.98 Å². The Bertz CT molecular complexity index is 221.